The summed E-state index contributed by atoms with van der Waals surface area (Å²) in [5.41, 5.74) is 1.70. The van der Waals surface area contributed by atoms with E-state index in [1.807, 2.05) is 17.5 Å². The van der Waals surface area contributed by atoms with E-state index in [-0.39, 0.29) is 24.6 Å². The van der Waals surface area contributed by atoms with Gasteiger partial charge in [-0.25, -0.2) is 14.2 Å². The van der Waals surface area contributed by atoms with E-state index in [4.69, 9.17) is 14.2 Å². The number of carbonyl (C=O) groups is 1. The Balaban J connectivity index is 1.56. The molecule has 0 saturated heterocycles. The summed E-state index contributed by atoms with van der Waals surface area (Å²) in [5, 5.41) is 1.91. The quantitative estimate of drug-likeness (QED) is 0.242. The Hall–Kier alpha value is -3.54. The first kappa shape index (κ1) is 28.0. The molecule has 0 N–H and O–H groups in total. The molecule has 0 fully saturated rings. The van der Waals surface area contributed by atoms with E-state index in [1.165, 1.54) is 35.8 Å². The molecule has 0 radical (unpaired) electrons. The number of aromatic nitrogens is 1. The lowest BCUT2D eigenvalue weighted by Crippen LogP contribution is -2.39. The van der Waals surface area contributed by atoms with Gasteiger partial charge in [-0.1, -0.05) is 35.6 Å². The topological polar surface area (TPSA) is 79.1 Å². The fourth-order valence-electron chi connectivity index (χ4n) is 4.39. The molecule has 206 valence electrons. The van der Waals surface area contributed by atoms with E-state index in [1.54, 1.807) is 54.8 Å². The van der Waals surface area contributed by atoms with Crippen LogP contribution in [0.4, 0.5) is 4.39 Å². The van der Waals surface area contributed by atoms with Crippen molar-refractivity contribution in [2.45, 2.75) is 26.5 Å². The lowest BCUT2D eigenvalue weighted by atomic mass is 10.0. The lowest BCUT2D eigenvalue weighted by molar-refractivity contribution is -0.139. The zero-order chi connectivity index (χ0) is 28.4. The summed E-state index contributed by atoms with van der Waals surface area (Å²) in [6.45, 7) is 3.73. The minimum atomic E-state index is -0.632. The van der Waals surface area contributed by atoms with Crippen molar-refractivity contribution in [3.8, 4) is 11.5 Å². The number of carbonyl (C=O) groups excluding carboxylic acids is 1. The number of thiophene rings is 1. The van der Waals surface area contributed by atoms with Crippen LogP contribution in [0.2, 0.25) is 0 Å². The van der Waals surface area contributed by atoms with Crippen LogP contribution in [0.5, 0.6) is 11.5 Å². The van der Waals surface area contributed by atoms with Gasteiger partial charge in [-0.2, -0.15) is 0 Å². The third-order valence-corrected chi connectivity index (χ3v) is 8.71. The molecule has 40 heavy (non-hydrogen) atoms. The van der Waals surface area contributed by atoms with Gasteiger partial charge < -0.3 is 14.2 Å². The van der Waals surface area contributed by atoms with Crippen molar-refractivity contribution in [3.05, 3.63) is 111 Å². The van der Waals surface area contributed by atoms with Crippen LogP contribution >= 0.6 is 38.6 Å². The molecule has 7 nitrogen and oxygen atoms in total. The SMILES string of the molecule is CCOC(=O)C1=C(C)N=c2sc(=Cc3cc(Br)c(OCc4ccccc4F)c(OC)c3)c(=O)n2C1c1cccs1. The van der Waals surface area contributed by atoms with Gasteiger partial charge in [0.25, 0.3) is 5.56 Å². The van der Waals surface area contributed by atoms with Crippen molar-refractivity contribution >= 4 is 50.6 Å². The highest BCUT2D eigenvalue weighted by molar-refractivity contribution is 9.10. The number of allylic oxidation sites excluding steroid dienone is 1. The number of nitrogens with zero attached hydrogens (tertiary/aromatic N) is 2. The molecule has 1 aliphatic rings. The number of esters is 1. The molecule has 5 rings (SSSR count). The molecule has 0 bridgehead atoms. The number of ether oxygens (including phenoxy) is 3. The van der Waals surface area contributed by atoms with Crippen LogP contribution in [0.3, 0.4) is 0 Å². The fourth-order valence-corrected chi connectivity index (χ4v) is 6.83. The first-order valence-electron chi connectivity index (χ1n) is 12.3. The summed E-state index contributed by atoms with van der Waals surface area (Å²) in [7, 11) is 1.51. The highest BCUT2D eigenvalue weighted by Crippen LogP contribution is 2.38. The number of fused-ring (bicyclic) bond motifs is 1. The molecule has 4 aromatic rings. The summed E-state index contributed by atoms with van der Waals surface area (Å²) < 4.78 is 33.4. The molecule has 11 heteroatoms. The number of hydrogen-bond donors (Lipinski definition) is 0. The van der Waals surface area contributed by atoms with E-state index < -0.39 is 12.0 Å². The molecule has 0 aliphatic carbocycles. The number of methoxy groups -OCH3 is 1. The van der Waals surface area contributed by atoms with Crippen molar-refractivity contribution in [2.24, 2.45) is 4.99 Å². The lowest BCUT2D eigenvalue weighted by Gasteiger charge is -2.23. The molecular formula is C29H24BrFN2O5S2. The van der Waals surface area contributed by atoms with Crippen LogP contribution in [-0.4, -0.2) is 24.3 Å². The molecule has 0 saturated carbocycles. The third-order valence-electron chi connectivity index (χ3n) is 6.21. The van der Waals surface area contributed by atoms with Gasteiger partial charge in [0.15, 0.2) is 16.3 Å². The van der Waals surface area contributed by atoms with Gasteiger partial charge in [0, 0.05) is 10.4 Å². The largest absolute Gasteiger partial charge is 0.493 e. The van der Waals surface area contributed by atoms with Crippen molar-refractivity contribution in [2.75, 3.05) is 13.7 Å². The van der Waals surface area contributed by atoms with Crippen LogP contribution in [0.1, 0.15) is 35.9 Å². The molecule has 0 spiro atoms. The van der Waals surface area contributed by atoms with Crippen LogP contribution in [-0.2, 0) is 16.1 Å². The second kappa shape index (κ2) is 11.9. The number of rotatable bonds is 8. The van der Waals surface area contributed by atoms with E-state index in [2.05, 4.69) is 20.9 Å². The number of thiazole rings is 1. The summed E-state index contributed by atoms with van der Waals surface area (Å²) in [5.74, 6) is -0.0127. The summed E-state index contributed by atoms with van der Waals surface area (Å²) in [4.78, 5) is 32.6. The maximum atomic E-state index is 14.1. The first-order chi connectivity index (χ1) is 19.3. The van der Waals surface area contributed by atoms with Gasteiger partial charge in [-0.05, 0) is 71.1 Å². The van der Waals surface area contributed by atoms with Crippen LogP contribution in [0.25, 0.3) is 6.08 Å². The molecule has 1 atom stereocenters. The Morgan fingerprint density at radius 1 is 1.23 bits per heavy atom. The molecule has 1 aliphatic heterocycles. The van der Waals surface area contributed by atoms with E-state index in [0.29, 0.717) is 47.7 Å². The minimum Gasteiger partial charge on any atom is -0.493 e. The third kappa shape index (κ3) is 5.41. The Morgan fingerprint density at radius 3 is 2.73 bits per heavy atom. The van der Waals surface area contributed by atoms with Gasteiger partial charge in [-0.15, -0.1) is 11.3 Å². The van der Waals surface area contributed by atoms with Gasteiger partial charge in [-0.3, -0.25) is 9.36 Å². The van der Waals surface area contributed by atoms with Crippen molar-refractivity contribution in [3.63, 3.8) is 0 Å². The smallest absolute Gasteiger partial charge is 0.338 e. The summed E-state index contributed by atoms with van der Waals surface area (Å²) in [6.07, 6.45) is 1.74. The molecule has 3 heterocycles. The Bertz CT molecular complexity index is 1790. The van der Waals surface area contributed by atoms with Gasteiger partial charge in [0.1, 0.15) is 18.5 Å². The van der Waals surface area contributed by atoms with Crippen molar-refractivity contribution in [1.82, 2.24) is 4.57 Å². The predicted octanol–water partition coefficient (Wildman–Crippen LogP) is 5.35. The van der Waals surface area contributed by atoms with Gasteiger partial charge >= 0.3 is 5.97 Å². The Kier molecular flexibility index (Phi) is 8.34. The average molecular weight is 644 g/mol. The van der Waals surface area contributed by atoms with Gasteiger partial charge in [0.05, 0.1) is 34.0 Å². The zero-order valence-corrected chi connectivity index (χ0v) is 25.0. The monoisotopic (exact) mass is 642 g/mol. The van der Waals surface area contributed by atoms with Crippen LogP contribution in [0.15, 0.2) is 79.4 Å². The standard InChI is InChI=1S/C29H24BrFN2O5S2/c1-4-37-28(35)24-16(2)32-29-33(25(24)22-10-7-11-39-22)27(34)23(40-29)14-17-12-19(30)26(21(13-17)36-3)38-15-18-8-5-6-9-20(18)31/h5-14,25H,4,15H2,1-3H3. The highest BCUT2D eigenvalue weighted by Gasteiger charge is 2.33. The predicted molar refractivity (Wildman–Crippen MR) is 156 cm³/mol. The van der Waals surface area contributed by atoms with Crippen molar-refractivity contribution < 1.29 is 23.4 Å². The second-order valence-corrected chi connectivity index (χ2v) is 11.6. The maximum Gasteiger partial charge on any atom is 0.338 e. The van der Waals surface area contributed by atoms with E-state index in [0.717, 1.165) is 4.88 Å². The van der Waals surface area contributed by atoms with Crippen LogP contribution < -0.4 is 24.4 Å². The molecule has 2 aromatic heterocycles. The summed E-state index contributed by atoms with van der Waals surface area (Å²) >= 11 is 6.23. The molecular weight excluding hydrogens is 619 g/mol. The maximum absolute atomic E-state index is 14.1. The fraction of sp³-hybridized carbons (Fsp3) is 0.207. The second-order valence-electron chi connectivity index (χ2n) is 8.73. The molecule has 2 aromatic carbocycles. The van der Waals surface area contributed by atoms with Crippen molar-refractivity contribution in [1.29, 1.82) is 0 Å². The Labute approximate surface area is 245 Å². The number of benzene rings is 2. The minimum absolute atomic E-state index is 0.0183. The molecule has 1 unspecified atom stereocenters. The summed E-state index contributed by atoms with van der Waals surface area (Å²) in [6, 6.07) is 13.1. The van der Waals surface area contributed by atoms with Crippen LogP contribution in [0, 0.1) is 5.82 Å². The zero-order valence-electron chi connectivity index (χ0n) is 21.8. The normalized spacial score (nSPS) is 15.0. The number of halogens is 2. The Morgan fingerprint density at radius 2 is 2.02 bits per heavy atom. The van der Waals surface area contributed by atoms with E-state index >= 15 is 0 Å². The average Bonchev–Trinajstić information content (AvgIpc) is 3.56. The van der Waals surface area contributed by atoms with Gasteiger partial charge in [0.2, 0.25) is 0 Å². The highest BCUT2D eigenvalue weighted by atomic mass is 79.9. The first-order valence-corrected chi connectivity index (χ1v) is 14.8. The van der Waals surface area contributed by atoms with E-state index in [9.17, 15) is 14.0 Å². The molecule has 0 amide bonds. The number of hydrogen-bond acceptors (Lipinski definition) is 8.